The van der Waals surface area contributed by atoms with Gasteiger partial charge in [0.2, 0.25) is 11.7 Å². The molecule has 2 aromatic carbocycles. The molecule has 1 atom stereocenters. The minimum absolute atomic E-state index is 0.0442. The first-order chi connectivity index (χ1) is 13.0. The minimum atomic E-state index is -0.329. The quantitative estimate of drug-likeness (QED) is 0.704. The van der Waals surface area contributed by atoms with E-state index < -0.39 is 0 Å². The number of ketones is 1. The molecule has 3 aromatic rings. The van der Waals surface area contributed by atoms with Crippen LogP contribution in [0.5, 0.6) is 0 Å². The zero-order valence-electron chi connectivity index (χ0n) is 14.9. The number of nitrogens with zero attached hydrogens (tertiary/aromatic N) is 1. The number of aromatic nitrogens is 1. The molecule has 0 radical (unpaired) electrons. The predicted molar refractivity (Wildman–Crippen MR) is 101 cm³/mol. The molecule has 1 amide bonds. The van der Waals surface area contributed by atoms with E-state index in [4.69, 9.17) is 0 Å². The molecule has 0 bridgehead atoms. The number of nitrogens with one attached hydrogen (secondary N) is 1. The van der Waals surface area contributed by atoms with Crippen LogP contribution in [0.1, 0.15) is 39.6 Å². The Bertz CT molecular complexity index is 1020. The molecule has 4 nitrogen and oxygen atoms in total. The lowest BCUT2D eigenvalue weighted by molar-refractivity contribution is -0.117. The zero-order chi connectivity index (χ0) is 19.0. The van der Waals surface area contributed by atoms with Crippen LogP contribution in [0, 0.1) is 12.7 Å². The summed E-state index contributed by atoms with van der Waals surface area (Å²) in [4.78, 5) is 25.5. The summed E-state index contributed by atoms with van der Waals surface area (Å²) in [6.45, 7) is 2.38. The van der Waals surface area contributed by atoms with Gasteiger partial charge in [0.15, 0.2) is 0 Å². The first-order valence-corrected chi connectivity index (χ1v) is 8.91. The summed E-state index contributed by atoms with van der Waals surface area (Å²) in [6, 6.07) is 17.1. The second-order valence-corrected chi connectivity index (χ2v) is 6.78. The second kappa shape index (κ2) is 6.83. The van der Waals surface area contributed by atoms with Crippen LogP contribution in [0.3, 0.4) is 0 Å². The number of aryl methyl sites for hydroxylation is 1. The van der Waals surface area contributed by atoms with Crippen molar-refractivity contribution in [2.24, 2.45) is 0 Å². The third kappa shape index (κ3) is 3.16. The van der Waals surface area contributed by atoms with Gasteiger partial charge in [-0.25, -0.2) is 4.39 Å². The summed E-state index contributed by atoms with van der Waals surface area (Å²) < 4.78 is 15.2. The third-order valence-corrected chi connectivity index (χ3v) is 5.04. The Hall–Kier alpha value is -3.21. The Morgan fingerprint density at radius 3 is 2.59 bits per heavy atom. The average Bonchev–Trinajstić information content (AvgIpc) is 3.26. The molecule has 0 fully saturated rings. The minimum Gasteiger partial charge on any atom is -0.341 e. The summed E-state index contributed by atoms with van der Waals surface area (Å²) in [5.41, 5.74) is 3.35. The van der Waals surface area contributed by atoms with Crippen LogP contribution in [0.4, 0.5) is 10.1 Å². The number of fused-ring (bicyclic) bond motifs is 1. The number of carbonyl (C=O) groups excluding carboxylic acids is 2. The molecule has 0 saturated heterocycles. The molecule has 1 aromatic heterocycles. The van der Waals surface area contributed by atoms with Gasteiger partial charge in [-0.1, -0.05) is 30.3 Å². The molecule has 27 heavy (non-hydrogen) atoms. The van der Waals surface area contributed by atoms with Crippen LogP contribution in [0.2, 0.25) is 0 Å². The molecule has 2 heterocycles. The highest BCUT2D eigenvalue weighted by atomic mass is 19.1. The lowest BCUT2D eigenvalue weighted by Gasteiger charge is -2.12. The van der Waals surface area contributed by atoms with Crippen LogP contribution < -0.4 is 5.32 Å². The zero-order valence-corrected chi connectivity index (χ0v) is 14.9. The van der Waals surface area contributed by atoms with Crippen molar-refractivity contribution in [1.82, 2.24) is 4.57 Å². The molecule has 1 aliphatic rings. The molecule has 0 unspecified atom stereocenters. The van der Waals surface area contributed by atoms with Gasteiger partial charge in [-0.2, -0.15) is 0 Å². The van der Waals surface area contributed by atoms with Crippen molar-refractivity contribution in [1.29, 1.82) is 0 Å². The summed E-state index contributed by atoms with van der Waals surface area (Å²) in [7, 11) is 0. The Morgan fingerprint density at radius 2 is 1.85 bits per heavy atom. The SMILES string of the molecule is Cc1cc(F)ccc1NC(=O)[C@H]1CCn2c(C(=O)c3ccccc3)ccc21. The van der Waals surface area contributed by atoms with E-state index in [1.54, 1.807) is 31.2 Å². The lowest BCUT2D eigenvalue weighted by atomic mass is 10.0. The number of carbonyl (C=O) groups is 2. The van der Waals surface area contributed by atoms with Gasteiger partial charge in [0.05, 0.1) is 11.6 Å². The van der Waals surface area contributed by atoms with E-state index >= 15 is 0 Å². The normalized spacial score (nSPS) is 15.4. The number of hydrogen-bond donors (Lipinski definition) is 1. The predicted octanol–water partition coefficient (Wildman–Crippen LogP) is 4.29. The van der Waals surface area contributed by atoms with E-state index in [-0.39, 0.29) is 23.4 Å². The lowest BCUT2D eigenvalue weighted by Crippen LogP contribution is -2.20. The highest BCUT2D eigenvalue weighted by Gasteiger charge is 2.32. The average molecular weight is 362 g/mol. The first-order valence-electron chi connectivity index (χ1n) is 8.91. The molecule has 4 rings (SSSR count). The number of halogens is 1. The van der Waals surface area contributed by atoms with Crippen molar-refractivity contribution in [2.75, 3.05) is 5.32 Å². The first kappa shape index (κ1) is 17.2. The molecule has 0 saturated carbocycles. The Labute approximate surface area is 156 Å². The van der Waals surface area contributed by atoms with Crippen molar-refractivity contribution < 1.29 is 14.0 Å². The third-order valence-electron chi connectivity index (χ3n) is 5.04. The maximum Gasteiger partial charge on any atom is 0.233 e. The topological polar surface area (TPSA) is 51.1 Å². The van der Waals surface area contributed by atoms with Crippen LogP contribution in [-0.4, -0.2) is 16.3 Å². The number of anilines is 1. The fraction of sp³-hybridized carbons (Fsp3) is 0.182. The standard InChI is InChI=1S/C22H19FN2O2/c1-14-13-16(23)7-8-18(14)24-22(27)17-11-12-25-19(17)9-10-20(25)21(26)15-5-3-2-4-6-15/h2-10,13,17H,11-12H2,1H3,(H,24,27)/t17-/m0/s1. The maximum atomic E-state index is 13.3. The van der Waals surface area contributed by atoms with E-state index in [0.717, 1.165) is 5.69 Å². The number of rotatable bonds is 4. The fourth-order valence-corrected chi connectivity index (χ4v) is 3.63. The molecule has 1 N–H and O–H groups in total. The second-order valence-electron chi connectivity index (χ2n) is 6.78. The summed E-state index contributed by atoms with van der Waals surface area (Å²) in [5, 5.41) is 2.89. The number of amides is 1. The van der Waals surface area contributed by atoms with Gasteiger partial charge in [0, 0.05) is 23.5 Å². The fourth-order valence-electron chi connectivity index (χ4n) is 3.63. The van der Waals surface area contributed by atoms with Crippen molar-refractivity contribution >= 4 is 17.4 Å². The monoisotopic (exact) mass is 362 g/mol. The number of hydrogen-bond acceptors (Lipinski definition) is 2. The summed E-state index contributed by atoms with van der Waals surface area (Å²) >= 11 is 0. The van der Waals surface area contributed by atoms with E-state index in [1.165, 1.54) is 12.1 Å². The van der Waals surface area contributed by atoms with Crippen LogP contribution >= 0.6 is 0 Å². The van der Waals surface area contributed by atoms with E-state index in [2.05, 4.69) is 5.32 Å². The molecular weight excluding hydrogens is 343 g/mol. The molecular formula is C22H19FN2O2. The van der Waals surface area contributed by atoms with Crippen molar-refractivity contribution in [3.63, 3.8) is 0 Å². The summed E-state index contributed by atoms with van der Waals surface area (Å²) in [5.74, 6) is -0.839. The van der Waals surface area contributed by atoms with Crippen molar-refractivity contribution in [3.8, 4) is 0 Å². The summed E-state index contributed by atoms with van der Waals surface area (Å²) in [6.07, 6.45) is 0.636. The van der Waals surface area contributed by atoms with Crippen LogP contribution in [0.15, 0.2) is 60.7 Å². The van der Waals surface area contributed by atoms with Crippen molar-refractivity contribution in [3.05, 3.63) is 89.0 Å². The molecule has 1 aliphatic heterocycles. The van der Waals surface area contributed by atoms with Gasteiger partial charge in [0.1, 0.15) is 5.82 Å². The molecule has 0 aliphatic carbocycles. The highest BCUT2D eigenvalue weighted by molar-refractivity contribution is 6.08. The maximum absolute atomic E-state index is 13.3. The highest BCUT2D eigenvalue weighted by Crippen LogP contribution is 2.32. The largest absolute Gasteiger partial charge is 0.341 e. The molecule has 0 spiro atoms. The smallest absolute Gasteiger partial charge is 0.233 e. The van der Waals surface area contributed by atoms with Crippen molar-refractivity contribution in [2.45, 2.75) is 25.8 Å². The molecule has 136 valence electrons. The van der Waals surface area contributed by atoms with Gasteiger partial charge in [-0.3, -0.25) is 9.59 Å². The Morgan fingerprint density at radius 1 is 1.07 bits per heavy atom. The Balaban J connectivity index is 1.57. The van der Waals surface area contributed by atoms with Gasteiger partial charge in [-0.05, 0) is 49.2 Å². The van der Waals surface area contributed by atoms with Crippen LogP contribution in [0.25, 0.3) is 0 Å². The molecule has 5 heteroatoms. The van der Waals surface area contributed by atoms with Gasteiger partial charge < -0.3 is 9.88 Å². The Kier molecular flexibility index (Phi) is 4.36. The van der Waals surface area contributed by atoms with Crippen LogP contribution in [-0.2, 0) is 11.3 Å². The van der Waals surface area contributed by atoms with Gasteiger partial charge >= 0.3 is 0 Å². The van der Waals surface area contributed by atoms with Gasteiger partial charge in [-0.15, -0.1) is 0 Å². The van der Waals surface area contributed by atoms with Gasteiger partial charge in [0.25, 0.3) is 0 Å². The number of benzene rings is 2. The van der Waals surface area contributed by atoms with E-state index in [1.807, 2.05) is 28.8 Å². The van der Waals surface area contributed by atoms with E-state index in [9.17, 15) is 14.0 Å². The van der Waals surface area contributed by atoms with E-state index in [0.29, 0.717) is 35.5 Å².